The van der Waals surface area contributed by atoms with Crippen molar-refractivity contribution in [2.45, 2.75) is 43.5 Å². The molecule has 3 rings (SSSR count). The summed E-state index contributed by atoms with van der Waals surface area (Å²) < 4.78 is 35.2. The van der Waals surface area contributed by atoms with Crippen LogP contribution >= 0.6 is 0 Å². The van der Waals surface area contributed by atoms with Crippen LogP contribution in [0.1, 0.15) is 40.7 Å². The highest BCUT2D eigenvalue weighted by atomic mass is 32.2. The first-order chi connectivity index (χ1) is 16.3. The normalized spacial score (nSPS) is 16.4. The van der Waals surface area contributed by atoms with Gasteiger partial charge in [0.1, 0.15) is 5.75 Å². The Morgan fingerprint density at radius 3 is 2.71 bits per heavy atom. The predicted molar refractivity (Wildman–Crippen MR) is 133 cm³/mol. The number of ether oxygens (including phenoxy) is 1. The van der Waals surface area contributed by atoms with Gasteiger partial charge in [-0.3, -0.25) is 13.9 Å². The molecular weight excluding hydrogens is 452 g/mol. The van der Waals surface area contributed by atoms with E-state index in [2.05, 4.69) is 16.8 Å². The van der Waals surface area contributed by atoms with Gasteiger partial charge in [-0.2, -0.15) is 8.42 Å². The van der Waals surface area contributed by atoms with Gasteiger partial charge in [0.25, 0.3) is 16.0 Å². The number of hydrogen-bond acceptors (Lipinski definition) is 6. The second kappa shape index (κ2) is 12.1. The van der Waals surface area contributed by atoms with Gasteiger partial charge in [0.15, 0.2) is 0 Å². The summed E-state index contributed by atoms with van der Waals surface area (Å²) in [4.78, 5) is 15.4. The van der Waals surface area contributed by atoms with Crippen LogP contribution in [0, 0.1) is 6.92 Å². The Bertz CT molecular complexity index is 1080. The van der Waals surface area contributed by atoms with Crippen LogP contribution in [0.4, 0.5) is 0 Å². The first-order valence-corrected chi connectivity index (χ1v) is 13.0. The second-order valence-electron chi connectivity index (χ2n) is 8.52. The molecule has 2 aromatic rings. The Hall–Kier alpha value is -2.68. The van der Waals surface area contributed by atoms with Gasteiger partial charge >= 0.3 is 0 Å². The third-order valence-electron chi connectivity index (χ3n) is 6.03. The van der Waals surface area contributed by atoms with Gasteiger partial charge in [-0.15, -0.1) is 6.58 Å². The van der Waals surface area contributed by atoms with Crippen molar-refractivity contribution in [3.8, 4) is 5.75 Å². The molecule has 2 aromatic carbocycles. The Kier molecular flexibility index (Phi) is 9.27. The number of carbonyl (C=O) groups excluding carboxylic acids is 1. The summed E-state index contributed by atoms with van der Waals surface area (Å²) in [5, 5.41) is 3.04. The standard InChI is InChI=1S/C26H34N2O5S/c1-4-15-28-16-5-8-22(28)19-27-26(29)24-18-21(11-14-25(24)32-3)7-6-17-33-34(30,31)23-12-9-20(2)10-13-23/h4,9-14,18,22H,1,5-8,15-17,19H2,2-3H3,(H,27,29). The highest BCUT2D eigenvalue weighted by Crippen LogP contribution is 2.22. The molecule has 1 aliphatic rings. The minimum absolute atomic E-state index is 0.0601. The van der Waals surface area contributed by atoms with Crippen LogP contribution in [0.5, 0.6) is 5.75 Å². The quantitative estimate of drug-likeness (QED) is 0.280. The smallest absolute Gasteiger partial charge is 0.296 e. The largest absolute Gasteiger partial charge is 0.496 e. The highest BCUT2D eigenvalue weighted by Gasteiger charge is 2.24. The lowest BCUT2D eigenvalue weighted by Crippen LogP contribution is -2.40. The zero-order valence-electron chi connectivity index (χ0n) is 20.0. The van der Waals surface area contributed by atoms with Crippen molar-refractivity contribution in [3.05, 3.63) is 71.8 Å². The minimum Gasteiger partial charge on any atom is -0.496 e. The van der Waals surface area contributed by atoms with Crippen LogP contribution in [-0.4, -0.2) is 58.6 Å². The lowest BCUT2D eigenvalue weighted by atomic mass is 10.0. The summed E-state index contributed by atoms with van der Waals surface area (Å²) in [6.07, 6.45) is 5.13. The van der Waals surface area contributed by atoms with E-state index in [0.717, 1.165) is 37.1 Å². The van der Waals surface area contributed by atoms with Gasteiger partial charge in [0.2, 0.25) is 0 Å². The van der Waals surface area contributed by atoms with Crippen LogP contribution in [0.2, 0.25) is 0 Å². The zero-order chi connectivity index (χ0) is 24.6. The number of carbonyl (C=O) groups is 1. The van der Waals surface area contributed by atoms with E-state index in [0.29, 0.717) is 36.7 Å². The highest BCUT2D eigenvalue weighted by molar-refractivity contribution is 7.86. The number of rotatable bonds is 12. The lowest BCUT2D eigenvalue weighted by Gasteiger charge is -2.23. The molecule has 184 valence electrons. The predicted octanol–water partition coefficient (Wildman–Crippen LogP) is 3.72. The van der Waals surface area contributed by atoms with Crippen molar-refractivity contribution in [1.82, 2.24) is 10.2 Å². The number of methoxy groups -OCH3 is 1. The molecule has 1 amide bonds. The van der Waals surface area contributed by atoms with E-state index < -0.39 is 10.1 Å². The van der Waals surface area contributed by atoms with Crippen molar-refractivity contribution >= 4 is 16.0 Å². The van der Waals surface area contributed by atoms with E-state index in [4.69, 9.17) is 8.92 Å². The van der Waals surface area contributed by atoms with Crippen LogP contribution < -0.4 is 10.1 Å². The molecule has 1 aliphatic heterocycles. The van der Waals surface area contributed by atoms with Crippen molar-refractivity contribution in [2.24, 2.45) is 0 Å². The average molecular weight is 487 g/mol. The van der Waals surface area contributed by atoms with E-state index in [1.165, 1.54) is 0 Å². The number of likely N-dealkylation sites (tertiary alicyclic amines) is 1. The van der Waals surface area contributed by atoms with Gasteiger partial charge in [0, 0.05) is 19.1 Å². The molecule has 8 heteroatoms. The second-order valence-corrected chi connectivity index (χ2v) is 10.1. The van der Waals surface area contributed by atoms with Crippen LogP contribution in [-0.2, 0) is 20.7 Å². The Balaban J connectivity index is 1.55. The molecule has 7 nitrogen and oxygen atoms in total. The SMILES string of the molecule is C=CCN1CCCC1CNC(=O)c1cc(CCCOS(=O)(=O)c2ccc(C)cc2)ccc1OC. The summed E-state index contributed by atoms with van der Waals surface area (Å²) in [6, 6.07) is 12.3. The zero-order valence-corrected chi connectivity index (χ0v) is 20.8. The fourth-order valence-corrected chi connectivity index (χ4v) is 5.09. The topological polar surface area (TPSA) is 84.9 Å². The number of aryl methyl sites for hydroxylation is 2. The molecule has 1 atom stereocenters. The molecular formula is C26H34N2O5S. The summed E-state index contributed by atoms with van der Waals surface area (Å²) in [7, 11) is -2.24. The third-order valence-corrected chi connectivity index (χ3v) is 7.35. The van der Waals surface area contributed by atoms with Crippen molar-refractivity contribution in [3.63, 3.8) is 0 Å². The molecule has 1 heterocycles. The maximum Gasteiger partial charge on any atom is 0.296 e. The molecule has 0 aromatic heterocycles. The number of nitrogens with zero attached hydrogens (tertiary/aromatic N) is 1. The van der Waals surface area contributed by atoms with E-state index in [9.17, 15) is 13.2 Å². The summed E-state index contributed by atoms with van der Waals surface area (Å²) in [5.74, 6) is 0.330. The molecule has 1 fully saturated rings. The fraction of sp³-hybridized carbons (Fsp3) is 0.423. The molecule has 1 N–H and O–H groups in total. The van der Waals surface area contributed by atoms with Crippen LogP contribution in [0.25, 0.3) is 0 Å². The lowest BCUT2D eigenvalue weighted by molar-refractivity contribution is 0.0939. The Morgan fingerprint density at radius 2 is 2.00 bits per heavy atom. The molecule has 0 spiro atoms. The average Bonchev–Trinajstić information content (AvgIpc) is 3.27. The van der Waals surface area contributed by atoms with Crippen molar-refractivity contribution in [2.75, 3.05) is 33.4 Å². The number of hydrogen-bond donors (Lipinski definition) is 1. The Morgan fingerprint density at radius 1 is 1.24 bits per heavy atom. The molecule has 0 aliphatic carbocycles. The van der Waals surface area contributed by atoms with Gasteiger partial charge in [-0.05, 0) is 69.0 Å². The van der Waals surface area contributed by atoms with Crippen molar-refractivity contribution in [1.29, 1.82) is 0 Å². The van der Waals surface area contributed by atoms with E-state index in [1.54, 1.807) is 43.5 Å². The van der Waals surface area contributed by atoms with Crippen molar-refractivity contribution < 1.29 is 22.1 Å². The fourth-order valence-electron chi connectivity index (χ4n) is 4.14. The van der Waals surface area contributed by atoms with Gasteiger partial charge in [0.05, 0.1) is 24.2 Å². The first kappa shape index (κ1) is 25.9. The Labute approximate surface area is 202 Å². The summed E-state index contributed by atoms with van der Waals surface area (Å²) >= 11 is 0. The van der Waals surface area contributed by atoms with Gasteiger partial charge < -0.3 is 10.1 Å². The molecule has 34 heavy (non-hydrogen) atoms. The first-order valence-electron chi connectivity index (χ1n) is 11.6. The van der Waals surface area contributed by atoms with Gasteiger partial charge in [-0.1, -0.05) is 29.8 Å². The summed E-state index contributed by atoms with van der Waals surface area (Å²) in [6.45, 7) is 8.18. The van der Waals surface area contributed by atoms with E-state index in [-0.39, 0.29) is 17.4 Å². The molecule has 1 saturated heterocycles. The van der Waals surface area contributed by atoms with E-state index >= 15 is 0 Å². The minimum atomic E-state index is -3.78. The molecule has 1 unspecified atom stereocenters. The number of nitrogens with one attached hydrogen (secondary N) is 1. The molecule has 0 saturated carbocycles. The summed E-state index contributed by atoms with van der Waals surface area (Å²) in [5.41, 5.74) is 2.37. The van der Waals surface area contributed by atoms with E-state index in [1.807, 2.05) is 19.1 Å². The van der Waals surface area contributed by atoms with Gasteiger partial charge in [-0.25, -0.2) is 0 Å². The maximum atomic E-state index is 12.9. The molecule has 0 bridgehead atoms. The molecule has 0 radical (unpaired) electrons. The number of benzene rings is 2. The van der Waals surface area contributed by atoms with Crippen LogP contribution in [0.15, 0.2) is 60.0 Å². The third kappa shape index (κ3) is 6.91. The monoisotopic (exact) mass is 486 g/mol. The van der Waals surface area contributed by atoms with Crippen LogP contribution in [0.3, 0.4) is 0 Å². The number of amides is 1. The maximum absolute atomic E-state index is 12.9.